The summed E-state index contributed by atoms with van der Waals surface area (Å²) >= 11 is 0. The summed E-state index contributed by atoms with van der Waals surface area (Å²) in [6.07, 6.45) is 1.14. The fraction of sp³-hybridized carbons (Fsp3) is 0.136. The third-order valence-electron chi connectivity index (χ3n) is 4.42. The van der Waals surface area contributed by atoms with Crippen molar-refractivity contribution in [1.29, 1.82) is 0 Å². The van der Waals surface area contributed by atoms with E-state index in [-0.39, 0.29) is 11.7 Å². The highest BCUT2D eigenvalue weighted by atomic mass is 19.4. The number of carbonyl (C=O) groups excluding carboxylic acids is 1. The first-order valence-corrected chi connectivity index (χ1v) is 8.39. The standard InChI is InChI=1S/C22H16F3NO2/c1-3-13(2)20-17-5-4-6-19(16(17)11-12-18(20)21(26)27)28-15-9-7-14(8-10-15)22(23,24)25/h1,4-13H,2H3,(H2,26,27). The summed E-state index contributed by atoms with van der Waals surface area (Å²) in [4.78, 5) is 11.8. The van der Waals surface area contributed by atoms with Gasteiger partial charge in [-0.05, 0) is 60.3 Å². The number of fused-ring (bicyclic) bond motifs is 1. The van der Waals surface area contributed by atoms with Crippen LogP contribution in [0, 0.1) is 12.3 Å². The molecule has 3 aromatic rings. The predicted octanol–water partition coefficient (Wildman–Crippen LogP) is 5.49. The van der Waals surface area contributed by atoms with E-state index in [9.17, 15) is 18.0 Å². The molecule has 3 nitrogen and oxygen atoms in total. The van der Waals surface area contributed by atoms with Gasteiger partial charge in [-0.25, -0.2) is 0 Å². The van der Waals surface area contributed by atoms with E-state index in [1.165, 1.54) is 12.1 Å². The molecule has 0 radical (unpaired) electrons. The van der Waals surface area contributed by atoms with Crippen molar-refractivity contribution in [3.05, 3.63) is 71.3 Å². The van der Waals surface area contributed by atoms with Gasteiger partial charge in [0, 0.05) is 16.9 Å². The van der Waals surface area contributed by atoms with E-state index in [0.717, 1.165) is 12.1 Å². The molecule has 1 amide bonds. The summed E-state index contributed by atoms with van der Waals surface area (Å²) in [6.45, 7) is 1.78. The molecule has 0 spiro atoms. The van der Waals surface area contributed by atoms with Gasteiger partial charge in [-0.3, -0.25) is 4.79 Å². The van der Waals surface area contributed by atoms with Crippen LogP contribution in [-0.4, -0.2) is 5.91 Å². The summed E-state index contributed by atoms with van der Waals surface area (Å²) in [5.41, 5.74) is 5.66. The van der Waals surface area contributed by atoms with Crippen molar-refractivity contribution in [2.75, 3.05) is 0 Å². The van der Waals surface area contributed by atoms with Crippen LogP contribution in [0.25, 0.3) is 10.8 Å². The van der Waals surface area contributed by atoms with E-state index in [0.29, 0.717) is 27.6 Å². The lowest BCUT2D eigenvalue weighted by molar-refractivity contribution is -0.137. The van der Waals surface area contributed by atoms with Crippen molar-refractivity contribution in [2.45, 2.75) is 19.0 Å². The van der Waals surface area contributed by atoms with Crippen LogP contribution in [0.5, 0.6) is 11.5 Å². The molecule has 0 aromatic heterocycles. The maximum absolute atomic E-state index is 12.7. The number of terminal acetylenes is 1. The van der Waals surface area contributed by atoms with Crippen LogP contribution in [-0.2, 0) is 6.18 Å². The molecule has 1 unspecified atom stereocenters. The van der Waals surface area contributed by atoms with Crippen LogP contribution in [0.15, 0.2) is 54.6 Å². The van der Waals surface area contributed by atoms with E-state index in [1.807, 2.05) is 0 Å². The third kappa shape index (κ3) is 3.65. The van der Waals surface area contributed by atoms with Crippen molar-refractivity contribution in [3.8, 4) is 23.8 Å². The molecule has 28 heavy (non-hydrogen) atoms. The Morgan fingerprint density at radius 2 is 1.75 bits per heavy atom. The van der Waals surface area contributed by atoms with Crippen LogP contribution in [0.1, 0.15) is 34.3 Å². The smallest absolute Gasteiger partial charge is 0.416 e. The van der Waals surface area contributed by atoms with Gasteiger partial charge in [0.2, 0.25) is 5.91 Å². The Bertz CT molecular complexity index is 1080. The second kappa shape index (κ2) is 7.28. The molecule has 0 aliphatic rings. The first-order valence-electron chi connectivity index (χ1n) is 8.39. The molecule has 0 saturated carbocycles. The van der Waals surface area contributed by atoms with E-state index in [4.69, 9.17) is 16.9 Å². The lowest BCUT2D eigenvalue weighted by Crippen LogP contribution is -2.15. The molecule has 0 aliphatic heterocycles. The number of primary amides is 1. The molecule has 0 fully saturated rings. The normalized spacial score (nSPS) is 12.4. The highest BCUT2D eigenvalue weighted by Gasteiger charge is 2.30. The Morgan fingerprint density at radius 1 is 1.07 bits per heavy atom. The summed E-state index contributed by atoms with van der Waals surface area (Å²) < 4.78 is 43.9. The minimum atomic E-state index is -4.41. The fourth-order valence-electron chi connectivity index (χ4n) is 3.04. The SMILES string of the molecule is C#CC(C)c1c(C(N)=O)ccc2c(Oc3ccc(C(F)(F)F)cc3)cccc12. The Hall–Kier alpha value is -3.46. The lowest BCUT2D eigenvalue weighted by atomic mass is 9.90. The van der Waals surface area contributed by atoms with Crippen LogP contribution >= 0.6 is 0 Å². The quantitative estimate of drug-likeness (QED) is 0.606. The fourth-order valence-corrected chi connectivity index (χ4v) is 3.04. The number of hydrogen-bond acceptors (Lipinski definition) is 2. The molecular formula is C22H16F3NO2. The zero-order chi connectivity index (χ0) is 20.5. The molecule has 142 valence electrons. The average Bonchev–Trinajstić information content (AvgIpc) is 2.66. The molecule has 0 saturated heterocycles. The number of amides is 1. The molecule has 3 rings (SSSR count). The molecule has 6 heteroatoms. The molecule has 2 N–H and O–H groups in total. The number of rotatable bonds is 4. The first kappa shape index (κ1) is 19.3. The maximum atomic E-state index is 12.7. The molecule has 0 aliphatic carbocycles. The van der Waals surface area contributed by atoms with Crippen molar-refractivity contribution < 1.29 is 22.7 Å². The van der Waals surface area contributed by atoms with E-state index in [2.05, 4.69) is 5.92 Å². The van der Waals surface area contributed by atoms with Gasteiger partial charge in [-0.15, -0.1) is 6.42 Å². The molecule has 1 atom stereocenters. The minimum Gasteiger partial charge on any atom is -0.457 e. The summed E-state index contributed by atoms with van der Waals surface area (Å²) in [5, 5.41) is 1.37. The van der Waals surface area contributed by atoms with Gasteiger partial charge >= 0.3 is 6.18 Å². The van der Waals surface area contributed by atoms with E-state index in [1.54, 1.807) is 37.3 Å². The van der Waals surface area contributed by atoms with Gasteiger partial charge in [0.05, 0.1) is 5.56 Å². The van der Waals surface area contributed by atoms with Gasteiger partial charge in [-0.1, -0.05) is 18.1 Å². The Morgan fingerprint density at radius 3 is 2.32 bits per heavy atom. The van der Waals surface area contributed by atoms with Gasteiger partial charge < -0.3 is 10.5 Å². The summed E-state index contributed by atoms with van der Waals surface area (Å²) in [7, 11) is 0. The van der Waals surface area contributed by atoms with Crippen molar-refractivity contribution in [1.82, 2.24) is 0 Å². The largest absolute Gasteiger partial charge is 0.457 e. The topological polar surface area (TPSA) is 52.3 Å². The molecule has 0 bridgehead atoms. The molecule has 0 heterocycles. The highest BCUT2D eigenvalue weighted by Crippen LogP contribution is 2.37. The van der Waals surface area contributed by atoms with Crippen LogP contribution in [0.3, 0.4) is 0 Å². The van der Waals surface area contributed by atoms with Crippen molar-refractivity contribution in [3.63, 3.8) is 0 Å². The van der Waals surface area contributed by atoms with Crippen molar-refractivity contribution in [2.24, 2.45) is 5.73 Å². The number of halogens is 3. The van der Waals surface area contributed by atoms with Gasteiger partial charge in [0.25, 0.3) is 0 Å². The first-order chi connectivity index (χ1) is 13.2. The third-order valence-corrected chi connectivity index (χ3v) is 4.42. The van der Waals surface area contributed by atoms with Gasteiger partial charge in [0.1, 0.15) is 11.5 Å². The van der Waals surface area contributed by atoms with Crippen LogP contribution in [0.2, 0.25) is 0 Å². The number of nitrogens with two attached hydrogens (primary N) is 1. The van der Waals surface area contributed by atoms with Crippen LogP contribution < -0.4 is 10.5 Å². The summed E-state index contributed by atoms with van der Waals surface area (Å²) in [5.74, 6) is 2.33. The Labute approximate surface area is 159 Å². The second-order valence-corrected chi connectivity index (χ2v) is 6.25. The maximum Gasteiger partial charge on any atom is 0.416 e. The molecule has 3 aromatic carbocycles. The second-order valence-electron chi connectivity index (χ2n) is 6.25. The highest BCUT2D eigenvalue weighted by molar-refractivity contribution is 6.02. The van der Waals surface area contributed by atoms with E-state index < -0.39 is 17.6 Å². The zero-order valence-electron chi connectivity index (χ0n) is 14.9. The average molecular weight is 383 g/mol. The van der Waals surface area contributed by atoms with E-state index >= 15 is 0 Å². The van der Waals surface area contributed by atoms with Gasteiger partial charge in [-0.2, -0.15) is 13.2 Å². The van der Waals surface area contributed by atoms with Gasteiger partial charge in [0.15, 0.2) is 0 Å². The Kier molecular flexibility index (Phi) is 5.02. The van der Waals surface area contributed by atoms with Crippen LogP contribution in [0.4, 0.5) is 13.2 Å². The number of hydrogen-bond donors (Lipinski definition) is 1. The monoisotopic (exact) mass is 383 g/mol. The van der Waals surface area contributed by atoms with Crippen molar-refractivity contribution >= 4 is 16.7 Å². The number of carbonyl (C=O) groups is 1. The number of alkyl halides is 3. The minimum absolute atomic E-state index is 0.256. The number of ether oxygens (including phenoxy) is 1. The zero-order valence-corrected chi connectivity index (χ0v) is 14.9. The Balaban J connectivity index is 2.08. The predicted molar refractivity (Wildman–Crippen MR) is 101 cm³/mol. The summed E-state index contributed by atoms with van der Waals surface area (Å²) in [6, 6.07) is 12.9. The lowest BCUT2D eigenvalue weighted by Gasteiger charge is -2.16. The molecular weight excluding hydrogens is 367 g/mol. The number of benzene rings is 3.